The largest absolute Gasteiger partial charge is 0.494 e. The average Bonchev–Trinajstić information content (AvgIpc) is 3.31. The zero-order chi connectivity index (χ0) is 19.8. The third kappa shape index (κ3) is 5.49. The Balaban J connectivity index is 1.33. The van der Waals surface area contributed by atoms with Crippen LogP contribution in [-0.4, -0.2) is 55.9 Å². The third-order valence-corrected chi connectivity index (χ3v) is 6.17. The van der Waals surface area contributed by atoms with Gasteiger partial charge >= 0.3 is 0 Å². The van der Waals surface area contributed by atoms with E-state index in [-0.39, 0.29) is 5.41 Å². The molecule has 0 bridgehead atoms. The Morgan fingerprint density at radius 2 is 1.59 bits per heavy atom. The van der Waals surface area contributed by atoms with Gasteiger partial charge in [0.25, 0.3) is 0 Å². The number of hydrogen-bond acceptors (Lipinski definition) is 5. The van der Waals surface area contributed by atoms with Gasteiger partial charge in [0.2, 0.25) is 0 Å². The van der Waals surface area contributed by atoms with Gasteiger partial charge in [-0.05, 0) is 75.0 Å². The fourth-order valence-corrected chi connectivity index (χ4v) is 4.32. The van der Waals surface area contributed by atoms with Crippen molar-refractivity contribution in [2.45, 2.75) is 37.5 Å². The molecule has 0 saturated carbocycles. The van der Waals surface area contributed by atoms with Crippen molar-refractivity contribution in [3.05, 3.63) is 54.4 Å². The standard InChI is InChI=1S/C24H32N2O3/c1-2-15-26(14-1)16-3-17-28-22-6-4-21(5-7-22)24(10-18-27-19-11-24)20-29-23-8-12-25-13-9-23/h4-9,12-13H,1-3,10-11,14-20H2. The molecule has 156 valence electrons. The lowest BCUT2D eigenvalue weighted by Crippen LogP contribution is -2.39. The molecule has 5 nitrogen and oxygen atoms in total. The molecule has 1 aromatic carbocycles. The second kappa shape index (κ2) is 10.1. The van der Waals surface area contributed by atoms with E-state index in [0.29, 0.717) is 6.61 Å². The first-order valence-electron chi connectivity index (χ1n) is 10.9. The van der Waals surface area contributed by atoms with Crippen molar-refractivity contribution in [2.24, 2.45) is 0 Å². The van der Waals surface area contributed by atoms with Crippen molar-refractivity contribution >= 4 is 0 Å². The minimum atomic E-state index is -0.0181. The molecule has 3 heterocycles. The van der Waals surface area contributed by atoms with Gasteiger partial charge in [0, 0.05) is 37.6 Å². The molecule has 0 spiro atoms. The van der Waals surface area contributed by atoms with Crippen LogP contribution in [-0.2, 0) is 10.2 Å². The predicted molar refractivity (Wildman–Crippen MR) is 114 cm³/mol. The average molecular weight is 397 g/mol. The van der Waals surface area contributed by atoms with Crippen molar-refractivity contribution in [1.29, 1.82) is 0 Å². The quantitative estimate of drug-likeness (QED) is 0.598. The van der Waals surface area contributed by atoms with E-state index in [1.807, 2.05) is 12.1 Å². The molecule has 0 amide bonds. The highest BCUT2D eigenvalue weighted by Gasteiger charge is 2.35. The molecule has 0 radical (unpaired) electrons. The Kier molecular flexibility index (Phi) is 7.01. The number of nitrogens with zero attached hydrogens (tertiary/aromatic N) is 2. The molecule has 2 aromatic rings. The Bertz CT molecular complexity index is 724. The molecule has 4 rings (SSSR count). The molecule has 0 atom stereocenters. The van der Waals surface area contributed by atoms with Crippen LogP contribution < -0.4 is 9.47 Å². The van der Waals surface area contributed by atoms with Crippen LogP contribution in [0.5, 0.6) is 11.5 Å². The topological polar surface area (TPSA) is 43.8 Å². The second-order valence-electron chi connectivity index (χ2n) is 8.14. The summed E-state index contributed by atoms with van der Waals surface area (Å²) < 4.78 is 17.7. The van der Waals surface area contributed by atoms with Crippen molar-refractivity contribution in [3.8, 4) is 11.5 Å². The molecule has 5 heteroatoms. The summed E-state index contributed by atoms with van der Waals surface area (Å²) in [5.74, 6) is 1.82. The normalized spacial score (nSPS) is 19.2. The van der Waals surface area contributed by atoms with Crippen LogP contribution in [0.25, 0.3) is 0 Å². The number of hydrogen-bond donors (Lipinski definition) is 0. The third-order valence-electron chi connectivity index (χ3n) is 6.17. The molecular weight excluding hydrogens is 364 g/mol. The van der Waals surface area contributed by atoms with Crippen molar-refractivity contribution in [3.63, 3.8) is 0 Å². The van der Waals surface area contributed by atoms with Crippen molar-refractivity contribution in [1.82, 2.24) is 9.88 Å². The minimum Gasteiger partial charge on any atom is -0.494 e. The summed E-state index contributed by atoms with van der Waals surface area (Å²) in [5.41, 5.74) is 1.29. The monoisotopic (exact) mass is 396 g/mol. The molecule has 0 aliphatic carbocycles. The SMILES string of the molecule is c1cc(OCC2(c3ccc(OCCCN4CCCC4)cc3)CCOCC2)ccn1. The van der Waals surface area contributed by atoms with Gasteiger partial charge in [-0.25, -0.2) is 0 Å². The maximum Gasteiger partial charge on any atom is 0.122 e. The van der Waals surface area contributed by atoms with E-state index < -0.39 is 0 Å². The maximum absolute atomic E-state index is 6.13. The van der Waals surface area contributed by atoms with Gasteiger partial charge in [0.15, 0.2) is 0 Å². The fourth-order valence-electron chi connectivity index (χ4n) is 4.32. The molecule has 2 aliphatic heterocycles. The summed E-state index contributed by atoms with van der Waals surface area (Å²) in [6.45, 7) is 6.62. The molecule has 2 fully saturated rings. The Morgan fingerprint density at radius 1 is 0.897 bits per heavy atom. The fraction of sp³-hybridized carbons (Fsp3) is 0.542. The number of benzene rings is 1. The van der Waals surface area contributed by atoms with Gasteiger partial charge in [0.05, 0.1) is 13.2 Å². The highest BCUT2D eigenvalue weighted by atomic mass is 16.5. The van der Waals surface area contributed by atoms with E-state index in [4.69, 9.17) is 14.2 Å². The van der Waals surface area contributed by atoms with Crippen LogP contribution in [0.4, 0.5) is 0 Å². The first kappa shape index (κ1) is 20.2. The first-order chi connectivity index (χ1) is 14.3. The van der Waals surface area contributed by atoms with Crippen molar-refractivity contribution in [2.75, 3.05) is 46.1 Å². The molecule has 2 aliphatic rings. The van der Waals surface area contributed by atoms with Gasteiger partial charge in [-0.1, -0.05) is 12.1 Å². The van der Waals surface area contributed by atoms with Crippen LogP contribution >= 0.6 is 0 Å². The van der Waals surface area contributed by atoms with Gasteiger partial charge in [0.1, 0.15) is 11.5 Å². The summed E-state index contributed by atoms with van der Waals surface area (Å²) in [5, 5.41) is 0. The zero-order valence-corrected chi connectivity index (χ0v) is 17.2. The Hall–Kier alpha value is -2.11. The summed E-state index contributed by atoms with van der Waals surface area (Å²) in [4.78, 5) is 6.59. The van der Waals surface area contributed by atoms with Crippen LogP contribution in [0.15, 0.2) is 48.8 Å². The van der Waals surface area contributed by atoms with Gasteiger partial charge in [-0.15, -0.1) is 0 Å². The van der Waals surface area contributed by atoms with E-state index in [9.17, 15) is 0 Å². The highest BCUT2D eigenvalue weighted by molar-refractivity contribution is 5.33. The van der Waals surface area contributed by atoms with E-state index in [2.05, 4.69) is 34.1 Å². The van der Waals surface area contributed by atoms with E-state index >= 15 is 0 Å². The number of aromatic nitrogens is 1. The lowest BCUT2D eigenvalue weighted by molar-refractivity contribution is 0.0302. The van der Waals surface area contributed by atoms with Crippen LogP contribution in [0.3, 0.4) is 0 Å². The molecule has 0 N–H and O–H groups in total. The number of likely N-dealkylation sites (tertiary alicyclic amines) is 1. The molecule has 29 heavy (non-hydrogen) atoms. The Labute approximate surface area is 174 Å². The molecular formula is C24H32N2O3. The lowest BCUT2D eigenvalue weighted by atomic mass is 9.75. The molecule has 0 unspecified atom stereocenters. The number of rotatable bonds is 9. The summed E-state index contributed by atoms with van der Waals surface area (Å²) in [6.07, 6.45) is 9.24. The van der Waals surface area contributed by atoms with Crippen molar-refractivity contribution < 1.29 is 14.2 Å². The van der Waals surface area contributed by atoms with E-state index in [0.717, 1.165) is 57.1 Å². The first-order valence-corrected chi connectivity index (χ1v) is 10.9. The van der Waals surface area contributed by atoms with E-state index in [1.54, 1.807) is 12.4 Å². The predicted octanol–water partition coefficient (Wildman–Crippen LogP) is 4.07. The van der Waals surface area contributed by atoms with E-state index in [1.165, 1.54) is 31.5 Å². The summed E-state index contributed by atoms with van der Waals surface area (Å²) in [6, 6.07) is 12.4. The van der Waals surface area contributed by atoms with Gasteiger partial charge < -0.3 is 19.1 Å². The smallest absolute Gasteiger partial charge is 0.122 e. The highest BCUT2D eigenvalue weighted by Crippen LogP contribution is 2.36. The summed E-state index contributed by atoms with van der Waals surface area (Å²) >= 11 is 0. The summed E-state index contributed by atoms with van der Waals surface area (Å²) in [7, 11) is 0. The number of ether oxygens (including phenoxy) is 3. The van der Waals surface area contributed by atoms with Crippen LogP contribution in [0, 0.1) is 0 Å². The van der Waals surface area contributed by atoms with Gasteiger partial charge in [-0.3, -0.25) is 4.98 Å². The minimum absolute atomic E-state index is 0.0181. The molecule has 1 aromatic heterocycles. The number of pyridine rings is 1. The zero-order valence-electron chi connectivity index (χ0n) is 17.2. The maximum atomic E-state index is 6.13. The van der Waals surface area contributed by atoms with Crippen LogP contribution in [0.2, 0.25) is 0 Å². The lowest BCUT2D eigenvalue weighted by Gasteiger charge is -2.37. The second-order valence-corrected chi connectivity index (χ2v) is 8.14. The van der Waals surface area contributed by atoms with Gasteiger partial charge in [-0.2, -0.15) is 0 Å². The Morgan fingerprint density at radius 3 is 2.31 bits per heavy atom. The molecule has 2 saturated heterocycles. The van der Waals surface area contributed by atoms with Crippen LogP contribution in [0.1, 0.15) is 37.7 Å².